The fraction of sp³-hybridized carbons (Fsp3) is 0.368. The van der Waals surface area contributed by atoms with Crippen molar-refractivity contribution in [1.29, 1.82) is 0 Å². The Balaban J connectivity index is 3.35. The van der Waals surface area contributed by atoms with Gasteiger partial charge in [0.05, 0.1) is 18.8 Å². The number of nitrogens with zero attached hydrogens (tertiary/aromatic N) is 1. The molecule has 142 valence electrons. The second-order valence-electron chi connectivity index (χ2n) is 5.20. The van der Waals surface area contributed by atoms with Crippen LogP contribution in [-0.4, -0.2) is 36.4 Å². The van der Waals surface area contributed by atoms with Gasteiger partial charge in [0.1, 0.15) is 10.3 Å². The molecule has 0 unspecified atom stereocenters. The SMILES string of the molecule is C#CCC(CC#Cc1cc(Cl)nc(Cl)c1C=O)(C(=O)OCC)C(=O)OCC. The van der Waals surface area contributed by atoms with E-state index in [4.69, 9.17) is 39.1 Å². The van der Waals surface area contributed by atoms with Crippen LogP contribution in [0.15, 0.2) is 6.07 Å². The summed E-state index contributed by atoms with van der Waals surface area (Å²) in [4.78, 5) is 39.9. The van der Waals surface area contributed by atoms with Crippen molar-refractivity contribution >= 4 is 41.4 Å². The summed E-state index contributed by atoms with van der Waals surface area (Å²) in [6, 6.07) is 1.35. The van der Waals surface area contributed by atoms with Crippen molar-refractivity contribution in [1.82, 2.24) is 4.98 Å². The first-order valence-electron chi connectivity index (χ1n) is 7.94. The number of hydrogen-bond acceptors (Lipinski definition) is 6. The molecule has 0 aliphatic heterocycles. The van der Waals surface area contributed by atoms with E-state index >= 15 is 0 Å². The molecule has 0 bridgehead atoms. The van der Waals surface area contributed by atoms with Crippen molar-refractivity contribution in [2.45, 2.75) is 26.7 Å². The summed E-state index contributed by atoms with van der Waals surface area (Å²) >= 11 is 11.7. The van der Waals surface area contributed by atoms with Crippen LogP contribution in [-0.2, 0) is 19.1 Å². The molecule has 1 aromatic rings. The van der Waals surface area contributed by atoms with Crippen molar-refractivity contribution in [3.05, 3.63) is 27.5 Å². The molecule has 27 heavy (non-hydrogen) atoms. The normalized spacial score (nSPS) is 10.2. The molecule has 0 fully saturated rings. The molecular formula is C19H17Cl2NO5. The Bertz CT molecular complexity index is 815. The highest BCUT2D eigenvalue weighted by molar-refractivity contribution is 6.34. The van der Waals surface area contributed by atoms with Gasteiger partial charge in [-0.2, -0.15) is 0 Å². The van der Waals surface area contributed by atoms with Gasteiger partial charge in [-0.15, -0.1) is 12.3 Å². The average molecular weight is 410 g/mol. The van der Waals surface area contributed by atoms with Crippen LogP contribution in [0, 0.1) is 29.6 Å². The Morgan fingerprint density at radius 2 is 1.81 bits per heavy atom. The molecule has 0 radical (unpaired) electrons. The molecule has 1 aromatic heterocycles. The minimum absolute atomic E-state index is 0.0422. The van der Waals surface area contributed by atoms with Crippen molar-refractivity contribution in [2.24, 2.45) is 5.41 Å². The van der Waals surface area contributed by atoms with Crippen LogP contribution >= 0.6 is 23.2 Å². The van der Waals surface area contributed by atoms with Gasteiger partial charge in [-0.1, -0.05) is 35.0 Å². The monoisotopic (exact) mass is 409 g/mol. The van der Waals surface area contributed by atoms with Gasteiger partial charge in [0.15, 0.2) is 11.7 Å². The van der Waals surface area contributed by atoms with Gasteiger partial charge in [-0.05, 0) is 19.9 Å². The highest BCUT2D eigenvalue weighted by Crippen LogP contribution is 2.30. The molecular weight excluding hydrogens is 393 g/mol. The third-order valence-corrected chi connectivity index (χ3v) is 3.93. The molecule has 0 saturated carbocycles. The molecule has 0 atom stereocenters. The predicted octanol–water partition coefficient (Wildman–Crippen LogP) is 3.08. The maximum absolute atomic E-state index is 12.5. The smallest absolute Gasteiger partial charge is 0.325 e. The minimum atomic E-state index is -1.77. The van der Waals surface area contributed by atoms with Gasteiger partial charge in [0.2, 0.25) is 0 Å². The van der Waals surface area contributed by atoms with Crippen molar-refractivity contribution in [3.8, 4) is 24.2 Å². The van der Waals surface area contributed by atoms with Crippen LogP contribution in [0.25, 0.3) is 0 Å². The number of aromatic nitrogens is 1. The van der Waals surface area contributed by atoms with E-state index in [1.165, 1.54) is 6.07 Å². The molecule has 0 aliphatic rings. The lowest BCUT2D eigenvalue weighted by molar-refractivity contribution is -0.171. The van der Waals surface area contributed by atoms with Crippen molar-refractivity contribution < 1.29 is 23.9 Å². The Labute approximate surface area is 167 Å². The number of esters is 2. The molecule has 0 spiro atoms. The number of hydrogen-bond donors (Lipinski definition) is 0. The number of aldehydes is 1. The summed E-state index contributed by atoms with van der Waals surface area (Å²) in [6.07, 6.45) is 5.31. The maximum atomic E-state index is 12.5. The van der Waals surface area contributed by atoms with E-state index in [1.54, 1.807) is 13.8 Å². The minimum Gasteiger partial charge on any atom is -0.465 e. The van der Waals surface area contributed by atoms with Gasteiger partial charge in [-0.3, -0.25) is 14.4 Å². The molecule has 1 heterocycles. The molecule has 0 N–H and O–H groups in total. The highest BCUT2D eigenvalue weighted by atomic mass is 35.5. The number of carbonyl (C=O) groups excluding carboxylic acids is 3. The largest absolute Gasteiger partial charge is 0.465 e. The van der Waals surface area contributed by atoms with Crippen LogP contribution in [0.3, 0.4) is 0 Å². The molecule has 1 rings (SSSR count). The van der Waals surface area contributed by atoms with Gasteiger partial charge in [0.25, 0.3) is 0 Å². The van der Waals surface area contributed by atoms with Crippen LogP contribution in [0.5, 0.6) is 0 Å². The lowest BCUT2D eigenvalue weighted by Gasteiger charge is -2.25. The lowest BCUT2D eigenvalue weighted by Crippen LogP contribution is -2.41. The first-order valence-corrected chi connectivity index (χ1v) is 8.69. The standard InChI is InChI=1S/C19H17Cl2NO5/c1-4-9-19(17(24)26-5-2,18(25)27-6-3)10-7-8-13-11-15(20)22-16(21)14(13)12-23/h1,11-12H,5-6,9-10H2,2-3H3. The summed E-state index contributed by atoms with van der Waals surface area (Å²) < 4.78 is 10.0. The Morgan fingerprint density at radius 3 is 2.30 bits per heavy atom. The van der Waals surface area contributed by atoms with Crippen molar-refractivity contribution in [2.75, 3.05) is 13.2 Å². The zero-order chi connectivity index (χ0) is 20.4. The quantitative estimate of drug-likeness (QED) is 0.226. The highest BCUT2D eigenvalue weighted by Gasteiger charge is 2.48. The third kappa shape index (κ3) is 5.47. The lowest BCUT2D eigenvalue weighted by atomic mass is 9.81. The Kier molecular flexibility index (Phi) is 8.81. The number of ether oxygens (including phenoxy) is 2. The van der Waals surface area contributed by atoms with E-state index in [1.807, 2.05) is 0 Å². The second-order valence-corrected chi connectivity index (χ2v) is 5.94. The van der Waals surface area contributed by atoms with Gasteiger partial charge < -0.3 is 9.47 Å². The van der Waals surface area contributed by atoms with E-state index in [0.29, 0.717) is 6.29 Å². The van der Waals surface area contributed by atoms with Crippen LogP contribution < -0.4 is 0 Å². The van der Waals surface area contributed by atoms with Crippen molar-refractivity contribution in [3.63, 3.8) is 0 Å². The Morgan fingerprint density at radius 1 is 1.22 bits per heavy atom. The summed E-state index contributed by atoms with van der Waals surface area (Å²) in [5.41, 5.74) is -1.52. The molecule has 0 amide bonds. The fourth-order valence-corrected chi connectivity index (χ4v) is 2.62. The fourth-order valence-electron chi connectivity index (χ4n) is 2.15. The van der Waals surface area contributed by atoms with E-state index in [9.17, 15) is 14.4 Å². The zero-order valence-corrected chi connectivity index (χ0v) is 16.3. The van der Waals surface area contributed by atoms with Gasteiger partial charge in [-0.25, -0.2) is 4.98 Å². The van der Waals surface area contributed by atoms with E-state index in [0.717, 1.165) is 0 Å². The van der Waals surface area contributed by atoms with Gasteiger partial charge in [0, 0.05) is 18.4 Å². The van der Waals surface area contributed by atoms with E-state index < -0.39 is 17.4 Å². The summed E-state index contributed by atoms with van der Waals surface area (Å²) in [5, 5.41) is -0.0620. The van der Waals surface area contributed by atoms with Gasteiger partial charge >= 0.3 is 11.9 Å². The summed E-state index contributed by atoms with van der Waals surface area (Å²) in [5.74, 6) is 6.02. The van der Waals surface area contributed by atoms with Crippen LogP contribution in [0.2, 0.25) is 10.3 Å². The topological polar surface area (TPSA) is 82.6 Å². The molecule has 0 aliphatic carbocycles. The Hall–Kier alpha value is -2.54. The van der Waals surface area contributed by atoms with Crippen LogP contribution in [0.4, 0.5) is 0 Å². The first-order chi connectivity index (χ1) is 12.9. The zero-order valence-electron chi connectivity index (χ0n) is 14.8. The second kappa shape index (κ2) is 10.6. The number of carbonyl (C=O) groups is 3. The van der Waals surface area contributed by atoms with E-state index in [-0.39, 0.29) is 47.5 Å². The number of halogens is 2. The van der Waals surface area contributed by atoms with E-state index in [2.05, 4.69) is 22.7 Å². The first kappa shape index (κ1) is 22.5. The molecule has 0 aromatic carbocycles. The third-order valence-electron chi connectivity index (χ3n) is 3.45. The predicted molar refractivity (Wildman–Crippen MR) is 100 cm³/mol. The summed E-state index contributed by atoms with van der Waals surface area (Å²) in [7, 11) is 0. The molecule has 8 heteroatoms. The molecule has 6 nitrogen and oxygen atoms in total. The number of rotatable bonds is 7. The average Bonchev–Trinajstić information content (AvgIpc) is 2.61. The van der Waals surface area contributed by atoms with Crippen LogP contribution in [0.1, 0.15) is 42.6 Å². The number of pyridine rings is 1. The summed E-state index contributed by atoms with van der Waals surface area (Å²) in [6.45, 7) is 3.32. The molecule has 0 saturated heterocycles. The number of terminal acetylenes is 1. The maximum Gasteiger partial charge on any atom is 0.325 e.